The number of likely N-dealkylation sites (tertiary alicyclic amines) is 1. The van der Waals surface area contributed by atoms with E-state index in [2.05, 4.69) is 10.2 Å². The number of phenols is 2. The summed E-state index contributed by atoms with van der Waals surface area (Å²) in [7, 11) is 0. The summed E-state index contributed by atoms with van der Waals surface area (Å²) < 4.78 is 12.1. The highest BCUT2D eigenvalue weighted by Gasteiger charge is 2.74. The summed E-state index contributed by atoms with van der Waals surface area (Å²) in [5.74, 6) is 1.96. The fourth-order valence-electron chi connectivity index (χ4n) is 12.1. The van der Waals surface area contributed by atoms with Crippen molar-refractivity contribution in [3.63, 3.8) is 0 Å². The molecule has 2 spiro atoms. The highest BCUT2D eigenvalue weighted by Crippen LogP contribution is 2.66. The van der Waals surface area contributed by atoms with Crippen LogP contribution in [0.4, 0.5) is 0 Å². The molecule has 6 N–H and O–H groups in total. The summed E-state index contributed by atoms with van der Waals surface area (Å²) in [5.41, 5.74) is 1.04. The van der Waals surface area contributed by atoms with E-state index in [1.165, 1.54) is 24.8 Å². The normalized spacial score (nSPS) is 43.0. The van der Waals surface area contributed by atoms with Crippen LogP contribution in [0.15, 0.2) is 24.3 Å². The van der Waals surface area contributed by atoms with E-state index in [1.54, 1.807) is 12.1 Å². The van der Waals surface area contributed by atoms with E-state index < -0.39 is 40.3 Å². The molecule has 4 heterocycles. The van der Waals surface area contributed by atoms with Gasteiger partial charge in [0.1, 0.15) is 6.10 Å². The lowest BCUT2D eigenvalue weighted by molar-refractivity contribution is -0.209. The number of carbonyl (C=O) groups is 1. The molecule has 11 rings (SSSR count). The molecule has 47 heavy (non-hydrogen) atoms. The van der Waals surface area contributed by atoms with Crippen LogP contribution in [0.5, 0.6) is 23.0 Å². The van der Waals surface area contributed by atoms with Crippen LogP contribution in [0.2, 0.25) is 0 Å². The third-order valence-corrected chi connectivity index (χ3v) is 14.3. The van der Waals surface area contributed by atoms with E-state index in [0.717, 1.165) is 55.1 Å². The number of nitrogens with one attached hydrogen (secondary N) is 1. The second kappa shape index (κ2) is 9.41. The Kier molecular flexibility index (Phi) is 5.82. The smallest absolute Gasteiger partial charge is 0.174 e. The Morgan fingerprint density at radius 1 is 0.851 bits per heavy atom. The van der Waals surface area contributed by atoms with Gasteiger partial charge >= 0.3 is 0 Å². The van der Waals surface area contributed by atoms with Crippen LogP contribution in [0, 0.1) is 5.92 Å². The van der Waals surface area contributed by atoms with Gasteiger partial charge in [0.05, 0.1) is 28.1 Å². The Bertz CT molecular complexity index is 1710. The van der Waals surface area contributed by atoms with Gasteiger partial charge in [-0.25, -0.2) is 0 Å². The molecule has 4 bridgehead atoms. The molecule has 0 unspecified atom stereocenters. The molecule has 10 heteroatoms. The number of nitrogens with zero attached hydrogens (tertiary/aromatic N) is 1. The standard InChI is InChI=1S/C21H27NO4.C16H17NO4/c23-14-5-4-13-10-16-21(25)7-6-15(24)19-20(21,17(13)18(14)26-19)8-9-22(16)11-12-2-1-3-12;18-9-2-1-8-7-11-16(20)4-3-10(19)14-15(16,5-6-17-11)12(8)13(9)21-14/h4-5,12,15-16,19,23-25H,1-3,6-11H2;1-2,11,14,17-18,20H,3-7H2/t15-,16+,19-,20-,21+;11-,14+,15+,16-/m01/s1. The number of Topliss-reactive ketones (excluding diaryl/α,β-unsaturated/α-hetero) is 1. The number of aliphatic hydroxyl groups is 3. The summed E-state index contributed by atoms with van der Waals surface area (Å²) in [6, 6.07) is 7.28. The van der Waals surface area contributed by atoms with Crippen LogP contribution in [-0.2, 0) is 28.5 Å². The molecule has 9 aliphatic rings. The highest BCUT2D eigenvalue weighted by atomic mass is 16.5. The molecule has 2 saturated heterocycles. The van der Waals surface area contributed by atoms with Gasteiger partial charge in [-0.15, -0.1) is 0 Å². The molecule has 0 amide bonds. The number of aliphatic hydroxyl groups excluding tert-OH is 1. The number of hydrogen-bond acceptors (Lipinski definition) is 10. The zero-order chi connectivity index (χ0) is 32.1. The lowest BCUT2D eigenvalue weighted by atomic mass is 9.48. The molecular weight excluding hydrogens is 600 g/mol. The van der Waals surface area contributed by atoms with Crippen molar-refractivity contribution in [2.45, 2.75) is 123 Å². The number of piperidine rings is 2. The summed E-state index contributed by atoms with van der Waals surface area (Å²) in [6.45, 7) is 2.77. The number of ether oxygens (including phenoxy) is 2. The van der Waals surface area contributed by atoms with E-state index in [0.29, 0.717) is 50.0 Å². The zero-order valence-corrected chi connectivity index (χ0v) is 26.6. The van der Waals surface area contributed by atoms with Gasteiger partial charge < -0.3 is 40.3 Å². The van der Waals surface area contributed by atoms with Crippen molar-refractivity contribution in [1.29, 1.82) is 0 Å². The number of phenolic OH excluding ortho intramolecular Hbond substituents is 2. The Balaban J connectivity index is 0.000000124. The zero-order valence-electron chi connectivity index (χ0n) is 26.6. The number of hydrogen-bond donors (Lipinski definition) is 6. The molecule has 250 valence electrons. The molecule has 10 nitrogen and oxygen atoms in total. The van der Waals surface area contributed by atoms with Crippen molar-refractivity contribution in [1.82, 2.24) is 10.2 Å². The number of ketones is 1. The van der Waals surface area contributed by atoms with E-state index in [9.17, 15) is 30.3 Å². The molecule has 2 aromatic rings. The third-order valence-electron chi connectivity index (χ3n) is 14.3. The maximum atomic E-state index is 12.4. The number of rotatable bonds is 2. The summed E-state index contributed by atoms with van der Waals surface area (Å²) in [4.78, 5) is 15.0. The lowest BCUT2D eigenvalue weighted by Crippen LogP contribution is -2.77. The number of benzene rings is 2. The van der Waals surface area contributed by atoms with Crippen LogP contribution in [-0.4, -0.2) is 97.4 Å². The second-order valence-corrected chi connectivity index (χ2v) is 16.0. The van der Waals surface area contributed by atoms with Crippen molar-refractivity contribution in [2.24, 2.45) is 5.92 Å². The average molecular weight is 645 g/mol. The predicted molar refractivity (Wildman–Crippen MR) is 169 cm³/mol. The van der Waals surface area contributed by atoms with Gasteiger partial charge in [0.25, 0.3) is 0 Å². The third kappa shape index (κ3) is 3.32. The molecule has 0 aromatic heterocycles. The van der Waals surface area contributed by atoms with Crippen molar-refractivity contribution in [2.75, 3.05) is 19.6 Å². The molecule has 2 aromatic carbocycles. The monoisotopic (exact) mass is 644 g/mol. The largest absolute Gasteiger partial charge is 0.504 e. The first-order valence-corrected chi connectivity index (χ1v) is 17.8. The summed E-state index contributed by atoms with van der Waals surface area (Å²) in [5, 5.41) is 58.2. The Morgan fingerprint density at radius 2 is 1.57 bits per heavy atom. The SMILES string of the molecule is O=C1CC[C@@]2(O)[C@H]3Cc4ccc(O)c5c4[C@@]2(CCN3)[C@H]1O5.Oc1ccc2c3c1O[C@H]1[C@@H](O)CC[C@@]4(O)[C@@H](C2)N(CC2CCC2)CC[C@]314. The van der Waals surface area contributed by atoms with Gasteiger partial charge in [-0.2, -0.15) is 0 Å². The van der Waals surface area contributed by atoms with Crippen LogP contribution in [0.1, 0.15) is 80.0 Å². The fraction of sp³-hybridized carbons (Fsp3) is 0.649. The van der Waals surface area contributed by atoms with E-state index >= 15 is 0 Å². The number of carbonyl (C=O) groups excluding carboxylic acids is 1. The van der Waals surface area contributed by atoms with Crippen molar-refractivity contribution >= 4 is 5.78 Å². The highest BCUT2D eigenvalue weighted by molar-refractivity contribution is 5.90. The maximum Gasteiger partial charge on any atom is 0.174 e. The molecule has 4 aliphatic heterocycles. The Hall–Kier alpha value is -2.89. The van der Waals surface area contributed by atoms with Crippen molar-refractivity contribution in [3.05, 3.63) is 46.5 Å². The van der Waals surface area contributed by atoms with E-state index in [-0.39, 0.29) is 29.4 Å². The molecule has 5 fully saturated rings. The molecule has 9 atom stereocenters. The first-order valence-electron chi connectivity index (χ1n) is 17.8. The van der Waals surface area contributed by atoms with Crippen LogP contribution >= 0.6 is 0 Å². The summed E-state index contributed by atoms with van der Waals surface area (Å²) in [6.07, 6.45) is 7.22. The fourth-order valence-corrected chi connectivity index (χ4v) is 12.1. The van der Waals surface area contributed by atoms with Gasteiger partial charge in [-0.05, 0) is 100 Å². The Morgan fingerprint density at radius 3 is 2.32 bits per heavy atom. The van der Waals surface area contributed by atoms with Gasteiger partial charge in [0.15, 0.2) is 34.9 Å². The van der Waals surface area contributed by atoms with Gasteiger partial charge in [-0.1, -0.05) is 18.6 Å². The quantitative estimate of drug-likeness (QED) is 0.287. The van der Waals surface area contributed by atoms with Gasteiger partial charge in [0, 0.05) is 36.2 Å². The molecular formula is C37H44N2O8. The topological polar surface area (TPSA) is 152 Å². The van der Waals surface area contributed by atoms with Crippen molar-refractivity contribution < 1.29 is 39.8 Å². The minimum absolute atomic E-state index is 0.0452. The predicted octanol–water partition coefficient (Wildman–Crippen LogP) is 2.11. The number of aromatic hydroxyl groups is 2. The molecule has 5 aliphatic carbocycles. The molecule has 3 saturated carbocycles. The van der Waals surface area contributed by atoms with Crippen molar-refractivity contribution in [3.8, 4) is 23.0 Å². The Labute approximate surface area is 273 Å². The first-order chi connectivity index (χ1) is 22.6. The van der Waals surface area contributed by atoms with Crippen LogP contribution < -0.4 is 14.8 Å². The minimum atomic E-state index is -0.962. The lowest BCUT2D eigenvalue weighted by Gasteiger charge is -2.64. The second-order valence-electron chi connectivity index (χ2n) is 16.0. The van der Waals surface area contributed by atoms with Crippen LogP contribution in [0.25, 0.3) is 0 Å². The van der Waals surface area contributed by atoms with E-state index in [4.69, 9.17) is 9.47 Å². The summed E-state index contributed by atoms with van der Waals surface area (Å²) >= 11 is 0. The molecule has 0 radical (unpaired) electrons. The van der Waals surface area contributed by atoms with Gasteiger partial charge in [0.2, 0.25) is 0 Å². The first kappa shape index (κ1) is 29.1. The minimum Gasteiger partial charge on any atom is -0.504 e. The van der Waals surface area contributed by atoms with Gasteiger partial charge in [-0.3, -0.25) is 9.69 Å². The average Bonchev–Trinajstić information content (AvgIpc) is 3.57. The van der Waals surface area contributed by atoms with E-state index in [1.807, 2.05) is 12.1 Å². The maximum absolute atomic E-state index is 12.4. The van der Waals surface area contributed by atoms with Crippen LogP contribution in [0.3, 0.4) is 0 Å².